The van der Waals surface area contributed by atoms with Crippen LogP contribution in [0.15, 0.2) is 24.3 Å². The van der Waals surface area contributed by atoms with Crippen molar-refractivity contribution in [3.05, 3.63) is 35.6 Å². The third-order valence-corrected chi connectivity index (χ3v) is 4.33. The number of hydrogen-bond donors (Lipinski definition) is 4. The molecule has 118 valence electrons. The van der Waals surface area contributed by atoms with Gasteiger partial charge in [0.05, 0.1) is 5.92 Å². The maximum atomic E-state index is 12.9. The van der Waals surface area contributed by atoms with Crippen molar-refractivity contribution < 1.29 is 19.1 Å². The smallest absolute Gasteiger partial charge is 0.306 e. The fraction of sp³-hybridized carbons (Fsp3) is 0.467. The summed E-state index contributed by atoms with van der Waals surface area (Å²) in [6, 6.07) is 5.69. The lowest BCUT2D eigenvalue weighted by Gasteiger charge is -2.33. The summed E-state index contributed by atoms with van der Waals surface area (Å²) in [7, 11) is 0. The van der Waals surface area contributed by atoms with Crippen LogP contribution in [0.4, 0.5) is 4.39 Å². The molecule has 2 unspecified atom stereocenters. The summed E-state index contributed by atoms with van der Waals surface area (Å²) in [4.78, 5) is 22.9. The molecule has 1 heterocycles. The molecule has 2 fully saturated rings. The quantitative estimate of drug-likeness (QED) is 0.658. The van der Waals surface area contributed by atoms with Crippen molar-refractivity contribution in [2.75, 3.05) is 0 Å². The Balaban J connectivity index is 1.49. The van der Waals surface area contributed by atoms with Gasteiger partial charge in [-0.3, -0.25) is 9.59 Å². The predicted molar refractivity (Wildman–Crippen MR) is 76.1 cm³/mol. The molecule has 0 aromatic heterocycles. The van der Waals surface area contributed by atoms with E-state index in [-0.39, 0.29) is 35.8 Å². The number of rotatable bonds is 4. The summed E-state index contributed by atoms with van der Waals surface area (Å²) in [6.07, 6.45) is 1.54. The van der Waals surface area contributed by atoms with E-state index in [1.54, 1.807) is 12.1 Å². The van der Waals surface area contributed by atoms with Gasteiger partial charge < -0.3 is 10.4 Å². The van der Waals surface area contributed by atoms with E-state index in [0.29, 0.717) is 19.3 Å². The zero-order chi connectivity index (χ0) is 15.7. The Morgan fingerprint density at radius 2 is 1.82 bits per heavy atom. The van der Waals surface area contributed by atoms with Crippen LogP contribution in [0, 0.1) is 11.7 Å². The van der Waals surface area contributed by atoms with Crippen LogP contribution in [-0.4, -0.2) is 29.1 Å². The van der Waals surface area contributed by atoms with Crippen LogP contribution >= 0.6 is 0 Å². The lowest BCUT2D eigenvalue weighted by molar-refractivity contribution is -0.146. The van der Waals surface area contributed by atoms with Gasteiger partial charge in [-0.2, -0.15) is 0 Å². The summed E-state index contributed by atoms with van der Waals surface area (Å²) in [5.41, 5.74) is 6.88. The molecule has 1 aromatic rings. The Hall–Kier alpha value is -1.99. The van der Waals surface area contributed by atoms with Gasteiger partial charge in [0.2, 0.25) is 5.91 Å². The van der Waals surface area contributed by atoms with Crippen LogP contribution < -0.4 is 16.2 Å². The van der Waals surface area contributed by atoms with Gasteiger partial charge >= 0.3 is 5.97 Å². The molecule has 22 heavy (non-hydrogen) atoms. The molecule has 6 nitrogen and oxygen atoms in total. The summed E-state index contributed by atoms with van der Waals surface area (Å²) >= 11 is 0. The maximum absolute atomic E-state index is 12.9. The fourth-order valence-electron chi connectivity index (χ4n) is 2.88. The minimum atomic E-state index is -0.803. The van der Waals surface area contributed by atoms with Crippen LogP contribution in [0.3, 0.4) is 0 Å². The topological polar surface area (TPSA) is 90.5 Å². The number of carbonyl (C=O) groups is 2. The Morgan fingerprint density at radius 1 is 1.14 bits per heavy atom. The van der Waals surface area contributed by atoms with Crippen LogP contribution in [0.1, 0.15) is 30.9 Å². The third-order valence-electron chi connectivity index (χ3n) is 4.33. The van der Waals surface area contributed by atoms with Gasteiger partial charge in [0.25, 0.3) is 0 Å². The largest absolute Gasteiger partial charge is 0.481 e. The number of hydrazine groups is 1. The van der Waals surface area contributed by atoms with Crippen LogP contribution in [-0.2, 0) is 9.59 Å². The molecule has 1 aliphatic heterocycles. The number of carboxylic acids is 1. The van der Waals surface area contributed by atoms with Crippen LogP contribution in [0.2, 0.25) is 0 Å². The third kappa shape index (κ3) is 3.10. The van der Waals surface area contributed by atoms with Gasteiger partial charge in [-0.25, -0.2) is 15.2 Å². The van der Waals surface area contributed by atoms with E-state index in [1.807, 2.05) is 0 Å². The molecule has 3 rings (SSSR count). The monoisotopic (exact) mass is 307 g/mol. The summed E-state index contributed by atoms with van der Waals surface area (Å²) < 4.78 is 12.9. The van der Waals surface area contributed by atoms with Crippen molar-refractivity contribution in [3.63, 3.8) is 0 Å². The lowest BCUT2D eigenvalue weighted by atomic mass is 9.80. The highest BCUT2D eigenvalue weighted by atomic mass is 19.1. The predicted octanol–water partition coefficient (Wildman–Crippen LogP) is 0.713. The second-order valence-corrected chi connectivity index (χ2v) is 5.89. The molecular weight excluding hydrogens is 289 g/mol. The molecule has 0 spiro atoms. The minimum absolute atomic E-state index is 0.0514. The average Bonchev–Trinajstić information content (AvgIpc) is 2.92. The molecule has 1 aromatic carbocycles. The van der Waals surface area contributed by atoms with E-state index in [9.17, 15) is 14.0 Å². The molecule has 1 aliphatic carbocycles. The first-order chi connectivity index (χ1) is 10.5. The molecule has 0 bridgehead atoms. The zero-order valence-electron chi connectivity index (χ0n) is 11.9. The molecule has 1 saturated carbocycles. The normalized spacial score (nSPS) is 30.6. The van der Waals surface area contributed by atoms with Gasteiger partial charge in [0.15, 0.2) is 0 Å². The van der Waals surface area contributed by atoms with Crippen molar-refractivity contribution >= 4 is 11.9 Å². The molecule has 7 heteroatoms. The summed E-state index contributed by atoms with van der Waals surface area (Å²) in [5.74, 6) is -1.57. The standard InChI is InChI=1S/C15H18FN3O3/c16-10-3-1-8(2-4-10)12-7-13(19-18-12)14(20)17-11-5-9(6-11)15(21)22/h1-4,9,11-13,18-19H,5-7H2,(H,17,20)(H,21,22). The number of carbonyl (C=O) groups excluding carboxylic acids is 1. The molecule has 0 radical (unpaired) electrons. The molecule has 2 aliphatic rings. The van der Waals surface area contributed by atoms with Crippen LogP contribution in [0.5, 0.6) is 0 Å². The van der Waals surface area contributed by atoms with Crippen molar-refractivity contribution in [1.29, 1.82) is 0 Å². The lowest BCUT2D eigenvalue weighted by Crippen LogP contribution is -2.52. The van der Waals surface area contributed by atoms with Gasteiger partial charge in [0.1, 0.15) is 11.9 Å². The van der Waals surface area contributed by atoms with Crippen molar-refractivity contribution in [3.8, 4) is 0 Å². The van der Waals surface area contributed by atoms with Gasteiger partial charge in [-0.1, -0.05) is 12.1 Å². The first-order valence-electron chi connectivity index (χ1n) is 7.32. The van der Waals surface area contributed by atoms with Crippen molar-refractivity contribution in [2.45, 2.75) is 37.4 Å². The highest BCUT2D eigenvalue weighted by Gasteiger charge is 2.37. The van der Waals surface area contributed by atoms with E-state index in [1.165, 1.54) is 12.1 Å². The Kier molecular flexibility index (Phi) is 4.08. The first kappa shape index (κ1) is 14.9. The fourth-order valence-corrected chi connectivity index (χ4v) is 2.88. The molecule has 4 N–H and O–H groups in total. The molecule has 1 amide bonds. The van der Waals surface area contributed by atoms with Crippen LogP contribution in [0.25, 0.3) is 0 Å². The number of aliphatic carboxylic acids is 1. The van der Waals surface area contributed by atoms with E-state index in [0.717, 1.165) is 5.56 Å². The first-order valence-corrected chi connectivity index (χ1v) is 7.32. The average molecular weight is 307 g/mol. The molecular formula is C15H18FN3O3. The molecule has 2 atom stereocenters. The molecule has 1 saturated heterocycles. The number of amides is 1. The van der Waals surface area contributed by atoms with E-state index >= 15 is 0 Å². The minimum Gasteiger partial charge on any atom is -0.481 e. The number of hydrogen-bond acceptors (Lipinski definition) is 4. The van der Waals surface area contributed by atoms with E-state index in [4.69, 9.17) is 5.11 Å². The second kappa shape index (κ2) is 6.02. The van der Waals surface area contributed by atoms with E-state index < -0.39 is 5.97 Å². The maximum Gasteiger partial charge on any atom is 0.306 e. The van der Waals surface area contributed by atoms with Crippen molar-refractivity contribution in [2.24, 2.45) is 5.92 Å². The Bertz CT molecular complexity index is 572. The zero-order valence-corrected chi connectivity index (χ0v) is 11.9. The van der Waals surface area contributed by atoms with Gasteiger partial charge in [0, 0.05) is 12.1 Å². The van der Waals surface area contributed by atoms with E-state index in [2.05, 4.69) is 16.2 Å². The highest BCUT2D eigenvalue weighted by Crippen LogP contribution is 2.28. The summed E-state index contributed by atoms with van der Waals surface area (Å²) in [6.45, 7) is 0. The van der Waals surface area contributed by atoms with Gasteiger partial charge in [-0.15, -0.1) is 0 Å². The van der Waals surface area contributed by atoms with Crippen molar-refractivity contribution in [1.82, 2.24) is 16.2 Å². The Morgan fingerprint density at radius 3 is 2.45 bits per heavy atom. The second-order valence-electron chi connectivity index (χ2n) is 5.89. The number of carboxylic acid groups (broad SMARTS) is 1. The Labute approximate surface area is 127 Å². The number of halogens is 1. The van der Waals surface area contributed by atoms with Gasteiger partial charge in [-0.05, 0) is 37.0 Å². The highest BCUT2D eigenvalue weighted by molar-refractivity contribution is 5.83. The number of nitrogens with one attached hydrogen (secondary N) is 3. The number of benzene rings is 1. The SMILES string of the molecule is O=C(O)C1CC(NC(=O)C2CC(c3ccc(F)cc3)NN2)C1. The summed E-state index contributed by atoms with van der Waals surface area (Å²) in [5, 5.41) is 11.7.